The van der Waals surface area contributed by atoms with E-state index in [1.54, 1.807) is 0 Å². The van der Waals surface area contributed by atoms with Gasteiger partial charge < -0.3 is 14.2 Å². The molecule has 1 aromatic rings. The molecule has 2 aliphatic rings. The zero-order valence-electron chi connectivity index (χ0n) is 16.8. The zero-order valence-corrected chi connectivity index (χ0v) is 16.8. The fourth-order valence-electron chi connectivity index (χ4n) is 4.52. The Morgan fingerprint density at radius 3 is 2.36 bits per heavy atom. The van der Waals surface area contributed by atoms with Gasteiger partial charge in [0.15, 0.2) is 11.5 Å². The second-order valence-electron chi connectivity index (χ2n) is 8.17. The van der Waals surface area contributed by atoms with Crippen molar-refractivity contribution in [1.82, 2.24) is 0 Å². The van der Waals surface area contributed by atoms with Crippen molar-refractivity contribution in [2.45, 2.75) is 57.5 Å². The van der Waals surface area contributed by atoms with Crippen molar-refractivity contribution in [3.8, 4) is 11.5 Å². The van der Waals surface area contributed by atoms with Gasteiger partial charge in [-0.2, -0.15) is 8.78 Å². The summed E-state index contributed by atoms with van der Waals surface area (Å²) in [6, 6.07) is 2.79. The second kappa shape index (κ2) is 10.2. The first kappa shape index (κ1) is 21.1. The van der Waals surface area contributed by atoms with Gasteiger partial charge in [0.1, 0.15) is 0 Å². The number of rotatable bonds is 8. The van der Waals surface area contributed by atoms with Crippen molar-refractivity contribution >= 4 is 0 Å². The number of allylic oxidation sites excluding steroid dienone is 1. The van der Waals surface area contributed by atoms with E-state index in [2.05, 4.69) is 6.58 Å². The molecule has 0 amide bonds. The van der Waals surface area contributed by atoms with E-state index in [-0.39, 0.29) is 17.4 Å². The molecule has 156 valence electrons. The zero-order chi connectivity index (χ0) is 19.9. The van der Waals surface area contributed by atoms with Crippen molar-refractivity contribution < 1.29 is 23.0 Å². The van der Waals surface area contributed by atoms with E-state index in [9.17, 15) is 8.78 Å². The summed E-state index contributed by atoms with van der Waals surface area (Å²) in [6.07, 6.45) is 11.9. The molecule has 2 unspecified atom stereocenters. The molecule has 1 saturated heterocycles. The first-order valence-electron chi connectivity index (χ1n) is 10.5. The van der Waals surface area contributed by atoms with Crippen LogP contribution in [0, 0.1) is 29.4 Å². The minimum atomic E-state index is -1.01. The van der Waals surface area contributed by atoms with Gasteiger partial charge in [0.05, 0.1) is 26.4 Å². The highest BCUT2D eigenvalue weighted by atomic mass is 19.2. The molecular weight excluding hydrogens is 362 g/mol. The maximum atomic E-state index is 14.0. The third-order valence-electron chi connectivity index (χ3n) is 6.31. The third-order valence-corrected chi connectivity index (χ3v) is 6.31. The maximum Gasteiger partial charge on any atom is 0.204 e. The fourth-order valence-corrected chi connectivity index (χ4v) is 4.52. The summed E-state index contributed by atoms with van der Waals surface area (Å²) in [5.74, 6) is -0.476. The molecule has 0 aromatic heterocycles. The minimum Gasteiger partial charge on any atom is -0.494 e. The summed E-state index contributed by atoms with van der Waals surface area (Å²) in [7, 11) is 1.31. The van der Waals surface area contributed by atoms with Crippen molar-refractivity contribution in [3.05, 3.63) is 36.4 Å². The van der Waals surface area contributed by atoms with Crippen LogP contribution in [0.5, 0.6) is 11.5 Å². The van der Waals surface area contributed by atoms with Crippen molar-refractivity contribution in [3.63, 3.8) is 0 Å². The largest absolute Gasteiger partial charge is 0.494 e. The molecule has 1 aliphatic carbocycles. The predicted octanol–water partition coefficient (Wildman–Crippen LogP) is 5.92. The van der Waals surface area contributed by atoms with Gasteiger partial charge in [0, 0.05) is 5.92 Å². The van der Waals surface area contributed by atoms with Crippen LogP contribution in [0.3, 0.4) is 0 Å². The van der Waals surface area contributed by atoms with Crippen molar-refractivity contribution in [2.24, 2.45) is 17.8 Å². The number of ether oxygens (including phenoxy) is 3. The van der Waals surface area contributed by atoms with Crippen LogP contribution < -0.4 is 9.47 Å². The number of hydrogen-bond donors (Lipinski definition) is 0. The summed E-state index contributed by atoms with van der Waals surface area (Å²) in [5.41, 5.74) is 0. The second-order valence-corrected chi connectivity index (χ2v) is 8.17. The van der Waals surface area contributed by atoms with Gasteiger partial charge in [-0.25, -0.2) is 0 Å². The Labute approximate surface area is 167 Å². The Kier molecular flexibility index (Phi) is 7.72. The number of hydrogen-bond acceptors (Lipinski definition) is 3. The smallest absolute Gasteiger partial charge is 0.204 e. The Hall–Kier alpha value is -1.62. The lowest BCUT2D eigenvalue weighted by Crippen LogP contribution is -2.35. The standard InChI is InChI=1S/C23H32F2O3/c1-3-4-5-16-6-9-18(10-7-16)19-11-8-17(14-27-19)15-28-21-13-12-20(26-2)22(24)23(21)25/h3,12-13,16-19H,1,4-11,14-15H2,2H3. The first-order valence-corrected chi connectivity index (χ1v) is 10.5. The molecule has 5 heteroatoms. The van der Waals surface area contributed by atoms with E-state index in [0.29, 0.717) is 25.2 Å². The fraction of sp³-hybridized carbons (Fsp3) is 0.652. The molecule has 3 rings (SSSR count). The van der Waals surface area contributed by atoms with E-state index < -0.39 is 11.6 Å². The molecule has 0 radical (unpaired) electrons. The summed E-state index contributed by atoms with van der Waals surface area (Å²) < 4.78 is 44.2. The lowest BCUT2D eigenvalue weighted by Gasteiger charge is -2.37. The first-order chi connectivity index (χ1) is 13.6. The van der Waals surface area contributed by atoms with Gasteiger partial charge in [-0.3, -0.25) is 0 Å². The van der Waals surface area contributed by atoms with E-state index in [4.69, 9.17) is 14.2 Å². The normalized spacial score (nSPS) is 28.0. The minimum absolute atomic E-state index is 0.0710. The Bertz CT molecular complexity index is 633. The molecule has 3 nitrogen and oxygen atoms in total. The van der Waals surface area contributed by atoms with Crippen LogP contribution in [0.1, 0.15) is 51.4 Å². The van der Waals surface area contributed by atoms with E-state index in [0.717, 1.165) is 25.2 Å². The molecule has 0 N–H and O–H groups in total. The van der Waals surface area contributed by atoms with Crippen molar-refractivity contribution in [2.75, 3.05) is 20.3 Å². The monoisotopic (exact) mass is 394 g/mol. The lowest BCUT2D eigenvalue weighted by atomic mass is 9.76. The molecule has 1 aliphatic heterocycles. The van der Waals surface area contributed by atoms with Crippen LogP contribution in [-0.4, -0.2) is 26.4 Å². The van der Waals surface area contributed by atoms with Gasteiger partial charge in [0.25, 0.3) is 0 Å². The molecule has 2 fully saturated rings. The van der Waals surface area contributed by atoms with Crippen LogP contribution in [0.25, 0.3) is 0 Å². The molecule has 0 bridgehead atoms. The SMILES string of the molecule is C=CCCC1CCC(C2CCC(COc3ccc(OC)c(F)c3F)CO2)CC1. The number of halogens is 2. The van der Waals surface area contributed by atoms with Gasteiger partial charge in [-0.1, -0.05) is 18.9 Å². The Balaban J connectivity index is 1.40. The van der Waals surface area contributed by atoms with E-state index in [1.807, 2.05) is 6.08 Å². The molecule has 28 heavy (non-hydrogen) atoms. The van der Waals surface area contributed by atoms with Crippen LogP contribution in [-0.2, 0) is 4.74 Å². The van der Waals surface area contributed by atoms with Gasteiger partial charge in [0.2, 0.25) is 11.6 Å². The predicted molar refractivity (Wildman–Crippen MR) is 106 cm³/mol. The number of methoxy groups -OCH3 is 1. The molecular formula is C23H32F2O3. The third kappa shape index (κ3) is 5.25. The summed E-state index contributed by atoms with van der Waals surface area (Å²) in [5, 5.41) is 0. The number of benzene rings is 1. The van der Waals surface area contributed by atoms with Crippen LogP contribution in [0.15, 0.2) is 24.8 Å². The highest BCUT2D eigenvalue weighted by Gasteiger charge is 2.31. The highest BCUT2D eigenvalue weighted by Crippen LogP contribution is 2.37. The summed E-state index contributed by atoms with van der Waals surface area (Å²) in [4.78, 5) is 0. The summed E-state index contributed by atoms with van der Waals surface area (Å²) in [6.45, 7) is 4.78. The Morgan fingerprint density at radius 2 is 1.71 bits per heavy atom. The molecule has 0 spiro atoms. The van der Waals surface area contributed by atoms with Crippen LogP contribution in [0.2, 0.25) is 0 Å². The molecule has 1 saturated carbocycles. The maximum absolute atomic E-state index is 14.0. The molecule has 1 aromatic carbocycles. The van der Waals surface area contributed by atoms with Gasteiger partial charge in [-0.15, -0.1) is 6.58 Å². The molecule has 2 atom stereocenters. The van der Waals surface area contributed by atoms with Crippen LogP contribution >= 0.6 is 0 Å². The van der Waals surface area contributed by atoms with Gasteiger partial charge >= 0.3 is 0 Å². The summed E-state index contributed by atoms with van der Waals surface area (Å²) >= 11 is 0. The topological polar surface area (TPSA) is 27.7 Å². The Morgan fingerprint density at radius 1 is 1.04 bits per heavy atom. The lowest BCUT2D eigenvalue weighted by molar-refractivity contribution is -0.0655. The quantitative estimate of drug-likeness (QED) is 0.512. The molecule has 1 heterocycles. The average Bonchev–Trinajstić information content (AvgIpc) is 2.74. The average molecular weight is 395 g/mol. The highest BCUT2D eigenvalue weighted by molar-refractivity contribution is 5.34. The van der Waals surface area contributed by atoms with E-state index >= 15 is 0 Å². The van der Waals surface area contributed by atoms with Gasteiger partial charge in [-0.05, 0) is 62.5 Å². The van der Waals surface area contributed by atoms with E-state index in [1.165, 1.54) is 51.3 Å². The van der Waals surface area contributed by atoms with Crippen LogP contribution in [0.4, 0.5) is 8.78 Å². The van der Waals surface area contributed by atoms with Crippen molar-refractivity contribution in [1.29, 1.82) is 0 Å².